The molecule has 1 atom stereocenters. The van der Waals surface area contributed by atoms with E-state index in [1.807, 2.05) is 25.1 Å². The van der Waals surface area contributed by atoms with Crippen LogP contribution in [-0.2, 0) is 4.74 Å². The first kappa shape index (κ1) is 14.0. The van der Waals surface area contributed by atoms with Crippen molar-refractivity contribution in [3.05, 3.63) is 29.8 Å². The van der Waals surface area contributed by atoms with E-state index < -0.39 is 0 Å². The maximum Gasteiger partial charge on any atom is 0.167 e. The van der Waals surface area contributed by atoms with Crippen molar-refractivity contribution < 1.29 is 14.3 Å². The molecule has 0 aromatic heterocycles. The first-order chi connectivity index (χ1) is 9.20. The number of morpholine rings is 1. The average molecular weight is 263 g/mol. The molecule has 0 N–H and O–H groups in total. The first-order valence-electron chi connectivity index (χ1n) is 6.69. The van der Waals surface area contributed by atoms with Crippen LogP contribution in [0.2, 0.25) is 0 Å². The second-order valence-electron chi connectivity index (χ2n) is 4.91. The van der Waals surface area contributed by atoms with Crippen molar-refractivity contribution in [2.45, 2.75) is 6.92 Å². The van der Waals surface area contributed by atoms with Crippen molar-refractivity contribution in [3.63, 3.8) is 0 Å². The number of Topliss-reactive ketones (excluding diaryl/α,β-unsaturated/α-hetero) is 1. The zero-order chi connectivity index (χ0) is 13.7. The minimum atomic E-state index is -0.00907. The Morgan fingerprint density at radius 3 is 2.84 bits per heavy atom. The molecule has 1 heterocycles. The highest BCUT2D eigenvalue weighted by Crippen LogP contribution is 2.17. The van der Waals surface area contributed by atoms with Crippen LogP contribution in [-0.4, -0.2) is 50.6 Å². The van der Waals surface area contributed by atoms with Crippen LogP contribution in [0.1, 0.15) is 17.3 Å². The summed E-state index contributed by atoms with van der Waals surface area (Å²) in [5, 5.41) is 0. The van der Waals surface area contributed by atoms with Crippen molar-refractivity contribution >= 4 is 5.78 Å². The summed E-state index contributed by atoms with van der Waals surface area (Å²) in [6, 6.07) is 7.36. The molecule has 1 aliphatic heterocycles. The fourth-order valence-electron chi connectivity index (χ4n) is 2.31. The molecular weight excluding hydrogens is 242 g/mol. The molecule has 0 aliphatic carbocycles. The van der Waals surface area contributed by atoms with Gasteiger partial charge in [0, 0.05) is 31.1 Å². The SMILES string of the molecule is COc1cccc(C(=O)C(C)CN2CCOCC2)c1. The van der Waals surface area contributed by atoms with Gasteiger partial charge in [-0.25, -0.2) is 0 Å². The van der Waals surface area contributed by atoms with Gasteiger partial charge in [0.25, 0.3) is 0 Å². The second kappa shape index (κ2) is 6.68. The third kappa shape index (κ3) is 3.78. The highest BCUT2D eigenvalue weighted by atomic mass is 16.5. The number of benzene rings is 1. The summed E-state index contributed by atoms with van der Waals surface area (Å²) < 4.78 is 10.5. The van der Waals surface area contributed by atoms with Crippen LogP contribution in [0, 0.1) is 5.92 Å². The average Bonchev–Trinajstić information content (AvgIpc) is 2.47. The minimum Gasteiger partial charge on any atom is -0.497 e. The standard InChI is InChI=1S/C15H21NO3/c1-12(11-16-6-8-19-9-7-16)15(17)13-4-3-5-14(10-13)18-2/h3-5,10,12H,6-9,11H2,1-2H3. The normalized spacial score (nSPS) is 18.0. The number of carbonyl (C=O) groups is 1. The summed E-state index contributed by atoms with van der Waals surface area (Å²) in [5.74, 6) is 0.889. The van der Waals surface area contributed by atoms with Crippen LogP contribution in [0.4, 0.5) is 0 Å². The molecule has 2 rings (SSSR count). The number of hydrogen-bond acceptors (Lipinski definition) is 4. The summed E-state index contributed by atoms with van der Waals surface area (Å²) >= 11 is 0. The van der Waals surface area contributed by atoms with Gasteiger partial charge < -0.3 is 9.47 Å². The molecule has 1 fully saturated rings. The predicted octanol–water partition coefficient (Wildman–Crippen LogP) is 1.85. The largest absolute Gasteiger partial charge is 0.497 e. The Bertz CT molecular complexity index is 427. The van der Waals surface area contributed by atoms with Gasteiger partial charge in [0.1, 0.15) is 5.75 Å². The molecule has 0 amide bonds. The number of methoxy groups -OCH3 is 1. The molecule has 104 valence electrons. The van der Waals surface area contributed by atoms with Gasteiger partial charge in [-0.2, -0.15) is 0 Å². The van der Waals surface area contributed by atoms with Gasteiger partial charge in [-0.15, -0.1) is 0 Å². The first-order valence-corrected chi connectivity index (χ1v) is 6.69. The predicted molar refractivity (Wildman–Crippen MR) is 73.7 cm³/mol. The Morgan fingerprint density at radius 1 is 1.42 bits per heavy atom. The van der Waals surface area contributed by atoms with Crippen LogP contribution in [0.3, 0.4) is 0 Å². The Kier molecular flexibility index (Phi) is 4.93. The van der Waals surface area contributed by atoms with Crippen LogP contribution in [0.15, 0.2) is 24.3 Å². The molecule has 1 unspecified atom stereocenters. The lowest BCUT2D eigenvalue weighted by atomic mass is 9.98. The quantitative estimate of drug-likeness (QED) is 0.760. The fraction of sp³-hybridized carbons (Fsp3) is 0.533. The molecule has 0 spiro atoms. The topological polar surface area (TPSA) is 38.8 Å². The van der Waals surface area contributed by atoms with E-state index in [0.717, 1.165) is 44.2 Å². The minimum absolute atomic E-state index is 0.00907. The van der Waals surface area contributed by atoms with Crippen LogP contribution in [0.5, 0.6) is 5.75 Å². The summed E-state index contributed by atoms with van der Waals surface area (Å²) in [5.41, 5.74) is 0.722. The molecular formula is C15H21NO3. The molecule has 4 heteroatoms. The van der Waals surface area contributed by atoms with Crippen molar-refractivity contribution in [1.29, 1.82) is 0 Å². The van der Waals surface area contributed by atoms with E-state index >= 15 is 0 Å². The Hall–Kier alpha value is -1.39. The third-order valence-corrected chi connectivity index (χ3v) is 3.44. The van der Waals surface area contributed by atoms with E-state index in [0.29, 0.717) is 0 Å². The van der Waals surface area contributed by atoms with Gasteiger partial charge in [-0.05, 0) is 12.1 Å². The Balaban J connectivity index is 1.97. The summed E-state index contributed by atoms with van der Waals surface area (Å²) in [4.78, 5) is 14.7. The van der Waals surface area contributed by atoms with Crippen LogP contribution >= 0.6 is 0 Å². The number of rotatable bonds is 5. The molecule has 4 nitrogen and oxygen atoms in total. The molecule has 0 bridgehead atoms. The van der Waals surface area contributed by atoms with Gasteiger partial charge in [-0.3, -0.25) is 9.69 Å². The maximum absolute atomic E-state index is 12.4. The molecule has 19 heavy (non-hydrogen) atoms. The molecule has 1 aliphatic rings. The third-order valence-electron chi connectivity index (χ3n) is 3.44. The number of hydrogen-bond donors (Lipinski definition) is 0. The van der Waals surface area contributed by atoms with Crippen LogP contribution < -0.4 is 4.74 Å². The van der Waals surface area contributed by atoms with Crippen molar-refractivity contribution in [1.82, 2.24) is 4.90 Å². The Morgan fingerprint density at radius 2 is 2.16 bits per heavy atom. The zero-order valence-electron chi connectivity index (χ0n) is 11.6. The van der Waals surface area contributed by atoms with E-state index in [1.54, 1.807) is 13.2 Å². The van der Waals surface area contributed by atoms with E-state index in [1.165, 1.54) is 0 Å². The highest BCUT2D eigenvalue weighted by Gasteiger charge is 2.20. The number of nitrogens with zero attached hydrogens (tertiary/aromatic N) is 1. The van der Waals surface area contributed by atoms with E-state index in [9.17, 15) is 4.79 Å². The van der Waals surface area contributed by atoms with Crippen molar-refractivity contribution in [2.24, 2.45) is 5.92 Å². The lowest BCUT2D eigenvalue weighted by Crippen LogP contribution is -2.40. The van der Waals surface area contributed by atoms with Gasteiger partial charge >= 0.3 is 0 Å². The van der Waals surface area contributed by atoms with Gasteiger partial charge in [-0.1, -0.05) is 19.1 Å². The summed E-state index contributed by atoms with van der Waals surface area (Å²) in [7, 11) is 1.61. The molecule has 0 radical (unpaired) electrons. The number of ketones is 1. The molecule has 1 aromatic rings. The van der Waals surface area contributed by atoms with E-state index in [4.69, 9.17) is 9.47 Å². The summed E-state index contributed by atoms with van der Waals surface area (Å²) in [6.45, 7) is 6.13. The lowest BCUT2D eigenvalue weighted by molar-refractivity contribution is 0.0313. The van der Waals surface area contributed by atoms with Gasteiger partial charge in [0.2, 0.25) is 0 Å². The molecule has 1 saturated heterocycles. The summed E-state index contributed by atoms with van der Waals surface area (Å²) in [6.07, 6.45) is 0. The monoisotopic (exact) mass is 263 g/mol. The second-order valence-corrected chi connectivity index (χ2v) is 4.91. The fourth-order valence-corrected chi connectivity index (χ4v) is 2.31. The lowest BCUT2D eigenvalue weighted by Gasteiger charge is -2.28. The van der Waals surface area contributed by atoms with Crippen LogP contribution in [0.25, 0.3) is 0 Å². The van der Waals surface area contributed by atoms with Gasteiger partial charge in [0.05, 0.1) is 20.3 Å². The maximum atomic E-state index is 12.4. The number of carbonyl (C=O) groups excluding carboxylic acids is 1. The van der Waals surface area contributed by atoms with Crippen molar-refractivity contribution in [3.8, 4) is 5.75 Å². The smallest absolute Gasteiger partial charge is 0.167 e. The number of ether oxygens (including phenoxy) is 2. The highest BCUT2D eigenvalue weighted by molar-refractivity contribution is 5.98. The molecule has 1 aromatic carbocycles. The van der Waals surface area contributed by atoms with Crippen molar-refractivity contribution in [2.75, 3.05) is 40.0 Å². The molecule has 0 saturated carbocycles. The Labute approximate surface area is 114 Å². The van der Waals surface area contributed by atoms with E-state index in [-0.39, 0.29) is 11.7 Å². The van der Waals surface area contributed by atoms with Gasteiger partial charge in [0.15, 0.2) is 5.78 Å². The zero-order valence-corrected chi connectivity index (χ0v) is 11.6. The van der Waals surface area contributed by atoms with E-state index in [2.05, 4.69) is 4.90 Å².